The molecule has 0 aliphatic heterocycles. The van der Waals surface area contributed by atoms with Gasteiger partial charge >= 0.3 is 0 Å². The molecule has 0 unspecified atom stereocenters. The molecule has 0 bridgehead atoms. The predicted molar refractivity (Wildman–Crippen MR) is 85.3 cm³/mol. The molecule has 0 aliphatic rings. The molecular formula is C17H21NOS. The largest absolute Gasteiger partial charge is 0.345 e. The molecule has 0 saturated carbocycles. The zero-order valence-corrected chi connectivity index (χ0v) is 13.3. The van der Waals surface area contributed by atoms with Crippen LogP contribution in [-0.2, 0) is 5.41 Å². The number of thiophene rings is 1. The van der Waals surface area contributed by atoms with E-state index in [2.05, 4.69) is 50.4 Å². The monoisotopic (exact) mass is 287 g/mol. The van der Waals surface area contributed by atoms with Gasteiger partial charge in [0.2, 0.25) is 0 Å². The number of carbonyl (C=O) groups excluding carboxylic acids is 1. The first-order valence-electron chi connectivity index (χ1n) is 6.83. The molecule has 1 amide bonds. The molecule has 0 saturated heterocycles. The molecule has 1 aromatic carbocycles. The maximum Gasteiger partial charge on any atom is 0.261 e. The molecule has 106 valence electrons. The van der Waals surface area contributed by atoms with Crippen molar-refractivity contribution in [2.24, 2.45) is 0 Å². The normalized spacial score (nSPS) is 13.0. The summed E-state index contributed by atoms with van der Waals surface area (Å²) in [6.07, 6.45) is 0. The highest BCUT2D eigenvalue weighted by atomic mass is 32.1. The number of amides is 1. The van der Waals surface area contributed by atoms with Gasteiger partial charge in [-0.2, -0.15) is 0 Å². The lowest BCUT2D eigenvalue weighted by atomic mass is 9.86. The first-order chi connectivity index (χ1) is 9.38. The van der Waals surface area contributed by atoms with Crippen LogP contribution in [0.15, 0.2) is 41.8 Å². The zero-order chi connectivity index (χ0) is 14.8. The van der Waals surface area contributed by atoms with Crippen molar-refractivity contribution in [1.29, 1.82) is 0 Å². The van der Waals surface area contributed by atoms with E-state index in [1.54, 1.807) is 0 Å². The SMILES string of the molecule is C[C@@H](NC(=O)c1cccs1)c1ccc(C(C)(C)C)cc1. The van der Waals surface area contributed by atoms with Crippen molar-refractivity contribution in [3.8, 4) is 0 Å². The lowest BCUT2D eigenvalue weighted by Gasteiger charge is -2.20. The molecule has 1 heterocycles. The Morgan fingerprint density at radius 2 is 1.80 bits per heavy atom. The van der Waals surface area contributed by atoms with Crippen LogP contribution in [-0.4, -0.2) is 5.91 Å². The Morgan fingerprint density at radius 1 is 1.15 bits per heavy atom. The fourth-order valence-corrected chi connectivity index (χ4v) is 2.66. The van der Waals surface area contributed by atoms with Crippen LogP contribution in [0.4, 0.5) is 0 Å². The second-order valence-electron chi connectivity index (χ2n) is 6.04. The fraction of sp³-hybridized carbons (Fsp3) is 0.353. The first-order valence-corrected chi connectivity index (χ1v) is 7.71. The second kappa shape index (κ2) is 5.80. The van der Waals surface area contributed by atoms with E-state index in [0.29, 0.717) is 0 Å². The highest BCUT2D eigenvalue weighted by molar-refractivity contribution is 7.12. The van der Waals surface area contributed by atoms with Crippen molar-refractivity contribution < 1.29 is 4.79 Å². The van der Waals surface area contributed by atoms with Crippen molar-refractivity contribution >= 4 is 17.2 Å². The minimum Gasteiger partial charge on any atom is -0.345 e. The maximum atomic E-state index is 12.0. The van der Waals surface area contributed by atoms with E-state index in [9.17, 15) is 4.79 Å². The van der Waals surface area contributed by atoms with E-state index < -0.39 is 0 Å². The summed E-state index contributed by atoms with van der Waals surface area (Å²) >= 11 is 1.46. The number of hydrogen-bond acceptors (Lipinski definition) is 2. The Labute approximate surface area is 124 Å². The Kier molecular flexibility index (Phi) is 4.29. The summed E-state index contributed by atoms with van der Waals surface area (Å²) in [5.74, 6) is -0.00704. The summed E-state index contributed by atoms with van der Waals surface area (Å²) < 4.78 is 0. The van der Waals surface area contributed by atoms with Crippen molar-refractivity contribution in [1.82, 2.24) is 5.32 Å². The molecule has 2 aromatic rings. The molecule has 2 nitrogen and oxygen atoms in total. The number of nitrogens with one attached hydrogen (secondary N) is 1. The van der Waals surface area contributed by atoms with Gasteiger partial charge in [-0.25, -0.2) is 0 Å². The van der Waals surface area contributed by atoms with Crippen LogP contribution >= 0.6 is 11.3 Å². The lowest BCUT2D eigenvalue weighted by Crippen LogP contribution is -2.26. The first kappa shape index (κ1) is 14.8. The van der Waals surface area contributed by atoms with Crippen molar-refractivity contribution in [3.05, 3.63) is 57.8 Å². The minimum absolute atomic E-state index is 0.00704. The average Bonchev–Trinajstić information content (AvgIpc) is 2.91. The standard InChI is InChI=1S/C17H21NOS/c1-12(18-16(19)15-6-5-11-20-15)13-7-9-14(10-8-13)17(2,3)4/h5-12H,1-4H3,(H,18,19)/t12-/m1/s1. The summed E-state index contributed by atoms with van der Waals surface area (Å²) in [5.41, 5.74) is 2.59. The molecule has 0 aliphatic carbocycles. The van der Waals surface area contributed by atoms with Crippen LogP contribution < -0.4 is 5.32 Å². The van der Waals surface area contributed by atoms with E-state index in [-0.39, 0.29) is 17.4 Å². The maximum absolute atomic E-state index is 12.0. The van der Waals surface area contributed by atoms with E-state index in [0.717, 1.165) is 10.4 Å². The van der Waals surface area contributed by atoms with Gasteiger partial charge in [-0.15, -0.1) is 11.3 Å². The quantitative estimate of drug-likeness (QED) is 0.882. The predicted octanol–water partition coefficient (Wildman–Crippen LogP) is 4.54. The second-order valence-corrected chi connectivity index (χ2v) is 6.99. The van der Waals surface area contributed by atoms with Gasteiger partial charge in [0.15, 0.2) is 0 Å². The van der Waals surface area contributed by atoms with Crippen LogP contribution in [0.1, 0.15) is 54.5 Å². The Bertz CT molecular complexity index is 564. The molecule has 20 heavy (non-hydrogen) atoms. The van der Waals surface area contributed by atoms with Gasteiger partial charge in [0.05, 0.1) is 10.9 Å². The summed E-state index contributed by atoms with van der Waals surface area (Å²) in [5, 5.41) is 4.94. The number of carbonyl (C=O) groups is 1. The van der Waals surface area contributed by atoms with E-state index in [4.69, 9.17) is 0 Å². The third kappa shape index (κ3) is 3.48. The third-order valence-corrected chi connectivity index (χ3v) is 4.24. The van der Waals surface area contributed by atoms with Crippen molar-refractivity contribution in [2.75, 3.05) is 0 Å². The van der Waals surface area contributed by atoms with Crippen LogP contribution in [0.3, 0.4) is 0 Å². The van der Waals surface area contributed by atoms with Crippen LogP contribution in [0, 0.1) is 0 Å². The van der Waals surface area contributed by atoms with Gasteiger partial charge < -0.3 is 5.32 Å². The smallest absolute Gasteiger partial charge is 0.261 e. The molecule has 2 rings (SSSR count). The van der Waals surface area contributed by atoms with Crippen LogP contribution in [0.25, 0.3) is 0 Å². The highest BCUT2D eigenvalue weighted by Crippen LogP contribution is 2.24. The van der Waals surface area contributed by atoms with Gasteiger partial charge in [0.25, 0.3) is 5.91 Å². The van der Waals surface area contributed by atoms with Crippen LogP contribution in [0.5, 0.6) is 0 Å². The van der Waals surface area contributed by atoms with Crippen molar-refractivity contribution in [3.63, 3.8) is 0 Å². The Hall–Kier alpha value is -1.61. The molecule has 0 spiro atoms. The number of hydrogen-bond donors (Lipinski definition) is 1. The zero-order valence-electron chi connectivity index (χ0n) is 12.4. The summed E-state index contributed by atoms with van der Waals surface area (Å²) in [7, 11) is 0. The molecule has 1 atom stereocenters. The minimum atomic E-state index is -0.00704. The molecule has 0 fully saturated rings. The summed E-state index contributed by atoms with van der Waals surface area (Å²) in [6.45, 7) is 8.61. The fourth-order valence-electron chi connectivity index (χ4n) is 2.03. The number of rotatable bonds is 3. The molecule has 1 aromatic heterocycles. The van der Waals surface area contributed by atoms with Crippen molar-refractivity contribution in [2.45, 2.75) is 39.2 Å². The average molecular weight is 287 g/mol. The van der Waals surface area contributed by atoms with E-state index >= 15 is 0 Å². The van der Waals surface area contributed by atoms with Gasteiger partial charge in [0.1, 0.15) is 0 Å². The topological polar surface area (TPSA) is 29.1 Å². The molecule has 1 N–H and O–H groups in total. The van der Waals surface area contributed by atoms with Gasteiger partial charge in [-0.05, 0) is 34.9 Å². The Morgan fingerprint density at radius 3 is 2.30 bits per heavy atom. The summed E-state index contributed by atoms with van der Waals surface area (Å²) in [4.78, 5) is 12.8. The van der Waals surface area contributed by atoms with Gasteiger partial charge in [-0.1, -0.05) is 51.1 Å². The lowest BCUT2D eigenvalue weighted by molar-refractivity contribution is 0.0944. The van der Waals surface area contributed by atoms with E-state index in [1.807, 2.05) is 24.4 Å². The number of benzene rings is 1. The van der Waals surface area contributed by atoms with E-state index in [1.165, 1.54) is 16.9 Å². The Balaban J connectivity index is 2.06. The highest BCUT2D eigenvalue weighted by Gasteiger charge is 2.15. The molecule has 0 radical (unpaired) electrons. The van der Waals surface area contributed by atoms with Gasteiger partial charge in [0, 0.05) is 0 Å². The molecular weight excluding hydrogens is 266 g/mol. The van der Waals surface area contributed by atoms with Gasteiger partial charge in [-0.3, -0.25) is 4.79 Å². The molecule has 3 heteroatoms. The third-order valence-electron chi connectivity index (χ3n) is 3.37. The summed E-state index contributed by atoms with van der Waals surface area (Å²) in [6, 6.07) is 12.2. The van der Waals surface area contributed by atoms with Crippen LogP contribution in [0.2, 0.25) is 0 Å².